The summed E-state index contributed by atoms with van der Waals surface area (Å²) < 4.78 is 0. The van der Waals surface area contributed by atoms with Gasteiger partial charge in [0.05, 0.1) is 6.54 Å². The van der Waals surface area contributed by atoms with Crippen molar-refractivity contribution in [3.63, 3.8) is 0 Å². The minimum atomic E-state index is -0.301. The summed E-state index contributed by atoms with van der Waals surface area (Å²) in [6.45, 7) is 2.14. The van der Waals surface area contributed by atoms with Crippen molar-refractivity contribution >= 4 is 5.91 Å². The molecular formula is C10H21N3O2. The maximum atomic E-state index is 10.8. The van der Waals surface area contributed by atoms with Crippen LogP contribution in [-0.2, 0) is 4.79 Å². The number of aliphatic hydroxyl groups excluding tert-OH is 1. The number of rotatable bonds is 5. The number of nitrogens with zero attached hydrogens (tertiary/aromatic N) is 1. The standard InChI is InChI=1S/C10H21N3O2/c11-9-4-8(2-1-3-14)5-13(6-9)7-10(12)15/h8-9,14H,1-7,11H2,(H2,12,15). The predicted octanol–water partition coefficient (Wildman–Crippen LogP) is -1.11. The fraction of sp³-hybridized carbons (Fsp3) is 0.900. The van der Waals surface area contributed by atoms with E-state index >= 15 is 0 Å². The molecular weight excluding hydrogens is 194 g/mol. The molecule has 0 saturated carbocycles. The third-order valence-corrected chi connectivity index (χ3v) is 2.80. The molecule has 0 bridgehead atoms. The number of primary amides is 1. The van der Waals surface area contributed by atoms with E-state index < -0.39 is 0 Å². The van der Waals surface area contributed by atoms with Gasteiger partial charge in [-0.2, -0.15) is 0 Å². The van der Waals surface area contributed by atoms with Crippen molar-refractivity contribution in [1.29, 1.82) is 0 Å². The van der Waals surface area contributed by atoms with Crippen LogP contribution in [0, 0.1) is 5.92 Å². The van der Waals surface area contributed by atoms with Crippen LogP contribution in [0.25, 0.3) is 0 Å². The summed E-state index contributed by atoms with van der Waals surface area (Å²) in [4.78, 5) is 12.8. The van der Waals surface area contributed by atoms with Crippen LogP contribution in [0.3, 0.4) is 0 Å². The highest BCUT2D eigenvalue weighted by Gasteiger charge is 2.25. The second-order valence-corrected chi connectivity index (χ2v) is 4.39. The molecule has 0 aromatic carbocycles. The predicted molar refractivity (Wildman–Crippen MR) is 58.0 cm³/mol. The topological polar surface area (TPSA) is 92.6 Å². The highest BCUT2D eigenvalue weighted by Crippen LogP contribution is 2.19. The van der Waals surface area contributed by atoms with Crippen LogP contribution in [0.4, 0.5) is 0 Å². The van der Waals surface area contributed by atoms with Gasteiger partial charge in [0, 0.05) is 25.7 Å². The van der Waals surface area contributed by atoms with Crippen LogP contribution in [-0.4, -0.2) is 48.2 Å². The summed E-state index contributed by atoms with van der Waals surface area (Å²) in [7, 11) is 0. The van der Waals surface area contributed by atoms with Crippen molar-refractivity contribution in [3.05, 3.63) is 0 Å². The van der Waals surface area contributed by atoms with Crippen molar-refractivity contribution in [3.8, 4) is 0 Å². The molecule has 1 saturated heterocycles. The first-order valence-corrected chi connectivity index (χ1v) is 5.49. The van der Waals surface area contributed by atoms with Crippen molar-refractivity contribution in [2.45, 2.75) is 25.3 Å². The minimum Gasteiger partial charge on any atom is -0.396 e. The maximum Gasteiger partial charge on any atom is 0.231 e. The molecule has 1 aliphatic rings. The maximum absolute atomic E-state index is 10.8. The molecule has 0 aromatic heterocycles. The first-order chi connectivity index (χ1) is 7.11. The Bertz CT molecular complexity index is 211. The van der Waals surface area contributed by atoms with Gasteiger partial charge in [0.1, 0.15) is 0 Å². The molecule has 2 atom stereocenters. The second-order valence-electron chi connectivity index (χ2n) is 4.39. The minimum absolute atomic E-state index is 0.127. The number of piperidine rings is 1. The third kappa shape index (κ3) is 4.59. The normalized spacial score (nSPS) is 27.9. The SMILES string of the molecule is NC(=O)CN1CC(N)CC(CCCO)C1. The molecule has 0 aliphatic carbocycles. The first-order valence-electron chi connectivity index (χ1n) is 5.49. The van der Waals surface area contributed by atoms with Gasteiger partial charge in [0.25, 0.3) is 0 Å². The van der Waals surface area contributed by atoms with E-state index in [-0.39, 0.29) is 18.6 Å². The van der Waals surface area contributed by atoms with Crippen molar-refractivity contribution in [2.24, 2.45) is 17.4 Å². The zero-order valence-electron chi connectivity index (χ0n) is 9.06. The molecule has 15 heavy (non-hydrogen) atoms. The fourth-order valence-electron chi connectivity index (χ4n) is 2.29. The number of amides is 1. The van der Waals surface area contributed by atoms with Crippen LogP contribution in [0.2, 0.25) is 0 Å². The Hall–Kier alpha value is -0.650. The lowest BCUT2D eigenvalue weighted by atomic mass is 9.91. The van der Waals surface area contributed by atoms with Gasteiger partial charge in [-0.15, -0.1) is 0 Å². The van der Waals surface area contributed by atoms with E-state index in [0.717, 1.165) is 32.4 Å². The van der Waals surface area contributed by atoms with Gasteiger partial charge in [-0.3, -0.25) is 9.69 Å². The number of hydrogen-bond acceptors (Lipinski definition) is 4. The molecule has 5 N–H and O–H groups in total. The molecule has 1 heterocycles. The number of carbonyl (C=O) groups is 1. The van der Waals surface area contributed by atoms with E-state index in [2.05, 4.69) is 0 Å². The summed E-state index contributed by atoms with van der Waals surface area (Å²) >= 11 is 0. The number of likely N-dealkylation sites (tertiary alicyclic amines) is 1. The van der Waals surface area contributed by atoms with Gasteiger partial charge >= 0.3 is 0 Å². The van der Waals surface area contributed by atoms with Crippen LogP contribution in [0.15, 0.2) is 0 Å². The van der Waals surface area contributed by atoms with E-state index in [0.29, 0.717) is 12.5 Å². The first kappa shape index (κ1) is 12.4. The fourth-order valence-corrected chi connectivity index (χ4v) is 2.29. The zero-order valence-corrected chi connectivity index (χ0v) is 9.06. The lowest BCUT2D eigenvalue weighted by Gasteiger charge is -2.35. The van der Waals surface area contributed by atoms with Gasteiger partial charge in [-0.1, -0.05) is 0 Å². The summed E-state index contributed by atoms with van der Waals surface area (Å²) in [5, 5.41) is 8.76. The highest BCUT2D eigenvalue weighted by atomic mass is 16.2. The second kappa shape index (κ2) is 6.05. The summed E-state index contributed by atoms with van der Waals surface area (Å²) in [5.41, 5.74) is 11.1. The lowest BCUT2D eigenvalue weighted by molar-refractivity contribution is -0.119. The Morgan fingerprint density at radius 1 is 1.47 bits per heavy atom. The lowest BCUT2D eigenvalue weighted by Crippen LogP contribution is -2.49. The monoisotopic (exact) mass is 215 g/mol. The molecule has 0 spiro atoms. The largest absolute Gasteiger partial charge is 0.396 e. The smallest absolute Gasteiger partial charge is 0.231 e. The molecule has 1 amide bonds. The van der Waals surface area contributed by atoms with Gasteiger partial charge in [-0.25, -0.2) is 0 Å². The van der Waals surface area contributed by atoms with Gasteiger partial charge in [0.2, 0.25) is 5.91 Å². The third-order valence-electron chi connectivity index (χ3n) is 2.80. The summed E-state index contributed by atoms with van der Waals surface area (Å²) in [6.07, 6.45) is 2.76. The Labute approximate surface area is 90.4 Å². The summed E-state index contributed by atoms with van der Waals surface area (Å²) in [6, 6.07) is 0.127. The molecule has 0 radical (unpaired) electrons. The highest BCUT2D eigenvalue weighted by molar-refractivity contribution is 5.75. The average Bonchev–Trinajstić information content (AvgIpc) is 2.12. The van der Waals surface area contributed by atoms with E-state index in [9.17, 15) is 4.79 Å². The number of nitrogens with two attached hydrogens (primary N) is 2. The van der Waals surface area contributed by atoms with E-state index in [1.54, 1.807) is 0 Å². The Morgan fingerprint density at radius 2 is 2.20 bits per heavy atom. The Kier molecular flexibility index (Phi) is 5.01. The molecule has 0 aromatic rings. The Morgan fingerprint density at radius 3 is 2.80 bits per heavy atom. The van der Waals surface area contributed by atoms with Crippen LogP contribution < -0.4 is 11.5 Å². The molecule has 2 unspecified atom stereocenters. The molecule has 1 fully saturated rings. The quantitative estimate of drug-likeness (QED) is 0.542. The number of hydrogen-bond donors (Lipinski definition) is 3. The number of aliphatic hydroxyl groups is 1. The van der Waals surface area contributed by atoms with Crippen molar-refractivity contribution < 1.29 is 9.90 Å². The molecule has 88 valence electrons. The average molecular weight is 215 g/mol. The molecule has 1 aliphatic heterocycles. The molecule has 1 rings (SSSR count). The van der Waals surface area contributed by atoms with Crippen LogP contribution >= 0.6 is 0 Å². The Balaban J connectivity index is 2.37. The summed E-state index contributed by atoms with van der Waals surface area (Å²) in [5.74, 6) is 0.185. The van der Waals surface area contributed by atoms with Crippen molar-refractivity contribution in [1.82, 2.24) is 4.90 Å². The van der Waals surface area contributed by atoms with Crippen LogP contribution in [0.5, 0.6) is 0 Å². The van der Waals surface area contributed by atoms with Crippen molar-refractivity contribution in [2.75, 3.05) is 26.2 Å². The zero-order chi connectivity index (χ0) is 11.3. The van der Waals surface area contributed by atoms with E-state index in [1.165, 1.54) is 0 Å². The van der Waals surface area contributed by atoms with E-state index in [4.69, 9.17) is 16.6 Å². The van der Waals surface area contributed by atoms with Gasteiger partial charge in [0.15, 0.2) is 0 Å². The van der Waals surface area contributed by atoms with Crippen LogP contribution in [0.1, 0.15) is 19.3 Å². The number of carbonyl (C=O) groups excluding carboxylic acids is 1. The van der Waals surface area contributed by atoms with Gasteiger partial charge < -0.3 is 16.6 Å². The van der Waals surface area contributed by atoms with Gasteiger partial charge in [-0.05, 0) is 25.2 Å². The molecule has 5 heteroatoms. The molecule has 5 nitrogen and oxygen atoms in total. The van der Waals surface area contributed by atoms with E-state index in [1.807, 2.05) is 4.90 Å².